The maximum absolute atomic E-state index is 14.5. The summed E-state index contributed by atoms with van der Waals surface area (Å²) in [6.45, 7) is 7.12. The lowest BCUT2D eigenvalue weighted by molar-refractivity contribution is 0.148. The van der Waals surface area contributed by atoms with Gasteiger partial charge < -0.3 is 5.32 Å². The molecule has 1 aromatic carbocycles. The fourth-order valence-electron chi connectivity index (χ4n) is 5.87. The van der Waals surface area contributed by atoms with Gasteiger partial charge in [-0.1, -0.05) is 44.9 Å². The van der Waals surface area contributed by atoms with Gasteiger partial charge in [0.05, 0.1) is 6.54 Å². The molecule has 2 bridgehead atoms. The summed E-state index contributed by atoms with van der Waals surface area (Å²) in [5.74, 6) is 0.188. The van der Waals surface area contributed by atoms with Crippen molar-refractivity contribution in [3.8, 4) is 0 Å². The van der Waals surface area contributed by atoms with Gasteiger partial charge >= 0.3 is 6.03 Å². The van der Waals surface area contributed by atoms with Gasteiger partial charge in [0.2, 0.25) is 0 Å². The fourth-order valence-corrected chi connectivity index (χ4v) is 5.87. The molecule has 4 nitrogen and oxygen atoms in total. The Morgan fingerprint density at radius 1 is 1.24 bits per heavy atom. The highest BCUT2D eigenvalue weighted by atomic mass is 19.1. The highest BCUT2D eigenvalue weighted by Gasteiger charge is 2.60. The van der Waals surface area contributed by atoms with E-state index in [0.717, 1.165) is 31.4 Å². The smallest absolute Gasteiger partial charge is 0.331 e. The Morgan fingerprint density at radius 2 is 1.97 bits per heavy atom. The van der Waals surface area contributed by atoms with E-state index in [-0.39, 0.29) is 28.7 Å². The monoisotopic (exact) mass is 399 g/mol. The number of urea groups is 1. The topological polar surface area (TPSA) is 44.7 Å². The summed E-state index contributed by atoms with van der Waals surface area (Å²) in [7, 11) is 0. The van der Waals surface area contributed by atoms with Crippen LogP contribution in [0.1, 0.15) is 83.6 Å². The Kier molecular flexibility index (Phi) is 5.43. The van der Waals surface area contributed by atoms with Gasteiger partial charge in [0.1, 0.15) is 5.82 Å². The molecule has 1 N–H and O–H groups in total. The van der Waals surface area contributed by atoms with Crippen LogP contribution in [-0.2, 0) is 0 Å². The van der Waals surface area contributed by atoms with Crippen LogP contribution >= 0.6 is 0 Å². The molecule has 2 saturated carbocycles. The van der Waals surface area contributed by atoms with Gasteiger partial charge in [-0.05, 0) is 68.4 Å². The number of fused-ring (bicyclic) bond motifs is 2. The first-order valence-corrected chi connectivity index (χ1v) is 11.3. The lowest BCUT2D eigenvalue weighted by Gasteiger charge is -2.39. The Morgan fingerprint density at radius 3 is 2.59 bits per heavy atom. The quantitative estimate of drug-likeness (QED) is 0.600. The molecule has 0 radical (unpaired) electrons. The molecule has 158 valence electrons. The van der Waals surface area contributed by atoms with Crippen molar-refractivity contribution in [2.45, 2.75) is 83.6 Å². The van der Waals surface area contributed by atoms with Gasteiger partial charge in [-0.25, -0.2) is 14.2 Å². The largest absolute Gasteiger partial charge is 0.338 e. The van der Waals surface area contributed by atoms with Crippen LogP contribution in [0.2, 0.25) is 0 Å². The van der Waals surface area contributed by atoms with Crippen LogP contribution in [-0.4, -0.2) is 28.8 Å². The van der Waals surface area contributed by atoms with Crippen molar-refractivity contribution in [3.05, 3.63) is 35.6 Å². The molecule has 5 heteroatoms. The van der Waals surface area contributed by atoms with E-state index in [2.05, 4.69) is 26.1 Å². The number of benzene rings is 1. The van der Waals surface area contributed by atoms with E-state index in [1.54, 1.807) is 11.1 Å². The number of hydrogen-bond donors (Lipinski definition) is 1. The molecule has 2 amide bonds. The highest BCUT2D eigenvalue weighted by molar-refractivity contribution is 5.94. The zero-order valence-electron chi connectivity index (χ0n) is 18.0. The number of rotatable bonds is 6. The summed E-state index contributed by atoms with van der Waals surface area (Å²) in [6, 6.07) is 6.78. The molecular formula is C24H34FN3O. The Labute approximate surface area is 173 Å². The standard InChI is InChI=1S/C24H34FN3O/c1-4-5-6-11-21-19(18-9-7-8-10-20(18)25)16-28(27-21)22(29)26-24(3)17-12-14-23(24,2)15-13-17/h7-10,17,19H,4-6,11-16H2,1-3H3,(H,26,29)/t17?,19?,23?,24-/m0/s1. The molecule has 0 spiro atoms. The lowest BCUT2D eigenvalue weighted by atomic mass is 9.76. The first kappa shape index (κ1) is 20.4. The van der Waals surface area contributed by atoms with E-state index in [0.29, 0.717) is 18.0 Å². The molecule has 3 aliphatic rings. The highest BCUT2D eigenvalue weighted by Crippen LogP contribution is 2.60. The van der Waals surface area contributed by atoms with Crippen molar-refractivity contribution in [3.63, 3.8) is 0 Å². The number of nitrogens with zero attached hydrogens (tertiary/aromatic N) is 2. The van der Waals surface area contributed by atoms with Crippen molar-refractivity contribution in [1.82, 2.24) is 10.3 Å². The summed E-state index contributed by atoms with van der Waals surface area (Å²) in [5.41, 5.74) is 1.59. The van der Waals surface area contributed by atoms with Crippen LogP contribution < -0.4 is 5.32 Å². The Bertz CT molecular complexity index is 799. The first-order chi connectivity index (χ1) is 13.9. The minimum absolute atomic E-state index is 0.126. The molecule has 0 saturated heterocycles. The summed E-state index contributed by atoms with van der Waals surface area (Å²) in [5, 5.41) is 9.62. The SMILES string of the molecule is CCCCCC1=NN(C(=O)N[C@@]2(C)C3CCC2(C)CC3)CC1c1ccccc1F. The number of amides is 2. The van der Waals surface area contributed by atoms with E-state index in [1.165, 1.54) is 31.7 Å². The number of carbonyl (C=O) groups excluding carboxylic acids is 1. The number of hydrogen-bond acceptors (Lipinski definition) is 2. The molecule has 0 aromatic heterocycles. The predicted octanol–water partition coefficient (Wildman–Crippen LogP) is 5.84. The molecular weight excluding hydrogens is 365 g/mol. The van der Waals surface area contributed by atoms with Crippen LogP contribution in [0.4, 0.5) is 9.18 Å². The first-order valence-electron chi connectivity index (χ1n) is 11.3. The van der Waals surface area contributed by atoms with Crippen molar-refractivity contribution >= 4 is 11.7 Å². The summed E-state index contributed by atoms with van der Waals surface area (Å²) in [6.07, 6.45) is 8.82. The summed E-state index contributed by atoms with van der Waals surface area (Å²) < 4.78 is 14.5. The Balaban J connectivity index is 1.53. The van der Waals surface area contributed by atoms with Gasteiger partial charge in [0.15, 0.2) is 0 Å². The van der Waals surface area contributed by atoms with Crippen LogP contribution in [0.3, 0.4) is 0 Å². The second kappa shape index (κ2) is 7.73. The van der Waals surface area contributed by atoms with Gasteiger partial charge in [-0.15, -0.1) is 0 Å². The van der Waals surface area contributed by atoms with Gasteiger partial charge in [0.25, 0.3) is 0 Å². The van der Waals surface area contributed by atoms with Gasteiger partial charge in [-0.2, -0.15) is 5.10 Å². The van der Waals surface area contributed by atoms with E-state index in [4.69, 9.17) is 5.10 Å². The number of hydrazone groups is 1. The van der Waals surface area contributed by atoms with Crippen LogP contribution in [0.15, 0.2) is 29.4 Å². The summed E-state index contributed by atoms with van der Waals surface area (Å²) >= 11 is 0. The summed E-state index contributed by atoms with van der Waals surface area (Å²) in [4.78, 5) is 13.2. The third-order valence-electron chi connectivity index (χ3n) is 8.08. The predicted molar refractivity (Wildman–Crippen MR) is 114 cm³/mol. The Hall–Kier alpha value is -1.91. The van der Waals surface area contributed by atoms with E-state index in [1.807, 2.05) is 12.1 Å². The van der Waals surface area contributed by atoms with Crippen molar-refractivity contribution in [2.24, 2.45) is 16.4 Å². The van der Waals surface area contributed by atoms with Crippen molar-refractivity contribution in [2.75, 3.05) is 6.54 Å². The second-order valence-corrected chi connectivity index (χ2v) is 9.67. The molecule has 2 atom stereocenters. The van der Waals surface area contributed by atoms with Crippen molar-refractivity contribution in [1.29, 1.82) is 0 Å². The zero-order valence-corrected chi connectivity index (χ0v) is 18.0. The average Bonchev–Trinajstić information content (AvgIpc) is 3.30. The normalized spacial score (nSPS) is 33.2. The van der Waals surface area contributed by atoms with E-state index < -0.39 is 0 Å². The number of nitrogens with one attached hydrogen (secondary N) is 1. The van der Waals surface area contributed by atoms with Crippen molar-refractivity contribution < 1.29 is 9.18 Å². The van der Waals surface area contributed by atoms with Gasteiger partial charge in [0, 0.05) is 17.2 Å². The van der Waals surface area contributed by atoms with Crippen LogP contribution in [0, 0.1) is 17.2 Å². The third kappa shape index (κ3) is 3.47. The van der Waals surface area contributed by atoms with Crippen LogP contribution in [0.25, 0.3) is 0 Å². The minimum atomic E-state index is -0.212. The molecule has 1 unspecified atom stereocenters. The van der Waals surface area contributed by atoms with E-state index >= 15 is 0 Å². The molecule has 1 heterocycles. The van der Waals surface area contributed by atoms with Gasteiger partial charge in [-0.3, -0.25) is 0 Å². The van der Waals surface area contributed by atoms with Crippen LogP contribution in [0.5, 0.6) is 0 Å². The number of carbonyl (C=O) groups is 1. The maximum atomic E-state index is 14.5. The third-order valence-corrected chi connectivity index (χ3v) is 8.08. The average molecular weight is 400 g/mol. The lowest BCUT2D eigenvalue weighted by Crippen LogP contribution is -2.56. The maximum Gasteiger partial charge on any atom is 0.338 e. The molecule has 2 fully saturated rings. The molecule has 29 heavy (non-hydrogen) atoms. The van der Waals surface area contributed by atoms with E-state index in [9.17, 15) is 9.18 Å². The molecule has 1 aromatic rings. The molecule has 1 aliphatic heterocycles. The minimum Gasteiger partial charge on any atom is -0.331 e. The zero-order chi connectivity index (χ0) is 20.6. The number of halogens is 1. The number of unbranched alkanes of at least 4 members (excludes halogenated alkanes) is 2. The fraction of sp³-hybridized carbons (Fsp3) is 0.667. The second-order valence-electron chi connectivity index (χ2n) is 9.67. The molecule has 4 rings (SSSR count). The molecule has 2 aliphatic carbocycles.